The molecule has 1 aliphatic rings. The van der Waals surface area contributed by atoms with Crippen molar-refractivity contribution in [3.05, 3.63) is 33.8 Å². The van der Waals surface area contributed by atoms with Gasteiger partial charge in [-0.05, 0) is 68.3 Å². The molecule has 1 unspecified atom stereocenters. The average molecular weight is 252 g/mol. The fraction of sp³-hybridized carbons (Fsp3) is 0.600. The van der Waals surface area contributed by atoms with Crippen LogP contribution in [-0.2, 0) is 0 Å². The molecule has 1 N–H and O–H groups in total. The maximum Gasteiger partial charge on any atom is 0.0438 e. The van der Waals surface area contributed by atoms with Crippen LogP contribution >= 0.6 is 11.6 Å². The van der Waals surface area contributed by atoms with Crippen LogP contribution in [0, 0.1) is 19.8 Å². The summed E-state index contributed by atoms with van der Waals surface area (Å²) in [7, 11) is 0. The van der Waals surface area contributed by atoms with Gasteiger partial charge < -0.3 is 5.32 Å². The molecule has 1 aliphatic carbocycles. The summed E-state index contributed by atoms with van der Waals surface area (Å²) in [5.74, 6) is 0.834. The van der Waals surface area contributed by atoms with E-state index in [0.717, 1.165) is 17.5 Å². The number of hydrogen-bond donors (Lipinski definition) is 1. The number of halogens is 1. The first kappa shape index (κ1) is 12.9. The highest BCUT2D eigenvalue weighted by atomic mass is 35.5. The standard InChI is InChI=1S/C15H22ClN/c1-4-7-17-15(12-5-6-12)13-8-11(3)14(16)9-10(13)2/h8-9,12,15,17H,4-7H2,1-3H3. The third kappa shape index (κ3) is 3.02. The van der Waals surface area contributed by atoms with Gasteiger partial charge in [0.1, 0.15) is 0 Å². The first-order valence-electron chi connectivity index (χ1n) is 6.63. The van der Waals surface area contributed by atoms with Crippen LogP contribution in [0.3, 0.4) is 0 Å². The zero-order valence-electron chi connectivity index (χ0n) is 11.0. The average Bonchev–Trinajstić information content (AvgIpc) is 3.10. The molecule has 0 aromatic heterocycles. The molecule has 2 rings (SSSR count). The number of rotatable bonds is 5. The molecular weight excluding hydrogens is 230 g/mol. The molecule has 0 aliphatic heterocycles. The van der Waals surface area contributed by atoms with Crippen LogP contribution in [0.15, 0.2) is 12.1 Å². The lowest BCUT2D eigenvalue weighted by Gasteiger charge is -2.21. The van der Waals surface area contributed by atoms with E-state index in [0.29, 0.717) is 6.04 Å². The lowest BCUT2D eigenvalue weighted by atomic mass is 9.95. The third-order valence-corrected chi connectivity index (χ3v) is 4.00. The fourth-order valence-electron chi connectivity index (χ4n) is 2.40. The maximum atomic E-state index is 6.17. The van der Waals surface area contributed by atoms with Crippen LogP contribution in [0.4, 0.5) is 0 Å². The first-order valence-corrected chi connectivity index (χ1v) is 7.01. The highest BCUT2D eigenvalue weighted by Gasteiger charge is 2.32. The molecule has 1 aromatic rings. The van der Waals surface area contributed by atoms with E-state index in [1.165, 1.54) is 36.0 Å². The lowest BCUT2D eigenvalue weighted by Crippen LogP contribution is -2.24. The van der Waals surface area contributed by atoms with E-state index in [4.69, 9.17) is 11.6 Å². The molecule has 1 atom stereocenters. The van der Waals surface area contributed by atoms with Gasteiger partial charge in [0.25, 0.3) is 0 Å². The number of hydrogen-bond acceptors (Lipinski definition) is 1. The fourth-order valence-corrected chi connectivity index (χ4v) is 2.62. The Hall–Kier alpha value is -0.530. The van der Waals surface area contributed by atoms with Gasteiger partial charge in [-0.3, -0.25) is 0 Å². The van der Waals surface area contributed by atoms with Crippen molar-refractivity contribution < 1.29 is 0 Å². The Kier molecular flexibility index (Phi) is 4.11. The zero-order chi connectivity index (χ0) is 12.4. The van der Waals surface area contributed by atoms with Crippen LogP contribution in [0.5, 0.6) is 0 Å². The van der Waals surface area contributed by atoms with Crippen molar-refractivity contribution >= 4 is 11.6 Å². The van der Waals surface area contributed by atoms with Gasteiger partial charge in [0.05, 0.1) is 0 Å². The summed E-state index contributed by atoms with van der Waals surface area (Å²) in [5.41, 5.74) is 3.96. The number of aryl methyl sites for hydroxylation is 2. The lowest BCUT2D eigenvalue weighted by molar-refractivity contribution is 0.479. The van der Waals surface area contributed by atoms with E-state index in [2.05, 4.69) is 38.2 Å². The maximum absolute atomic E-state index is 6.17. The monoisotopic (exact) mass is 251 g/mol. The summed E-state index contributed by atoms with van der Waals surface area (Å²) in [6.45, 7) is 7.58. The summed E-state index contributed by atoms with van der Waals surface area (Å²) < 4.78 is 0. The van der Waals surface area contributed by atoms with Gasteiger partial charge in [0.2, 0.25) is 0 Å². The number of nitrogens with one attached hydrogen (secondary N) is 1. The molecule has 1 saturated carbocycles. The highest BCUT2D eigenvalue weighted by molar-refractivity contribution is 6.31. The summed E-state index contributed by atoms with van der Waals surface area (Å²) in [4.78, 5) is 0. The van der Waals surface area contributed by atoms with Crippen molar-refractivity contribution in [3.8, 4) is 0 Å². The highest BCUT2D eigenvalue weighted by Crippen LogP contribution is 2.42. The van der Waals surface area contributed by atoms with E-state index < -0.39 is 0 Å². The van der Waals surface area contributed by atoms with Crippen LogP contribution < -0.4 is 5.32 Å². The summed E-state index contributed by atoms with van der Waals surface area (Å²) in [6, 6.07) is 4.91. The SMILES string of the molecule is CCCNC(c1cc(C)c(Cl)cc1C)C1CC1. The predicted octanol–water partition coefficient (Wildman–Crippen LogP) is 4.41. The quantitative estimate of drug-likeness (QED) is 0.818. The van der Waals surface area contributed by atoms with E-state index in [1.807, 2.05) is 0 Å². The Balaban J connectivity index is 2.25. The molecule has 0 amide bonds. The summed E-state index contributed by atoms with van der Waals surface area (Å²) >= 11 is 6.17. The van der Waals surface area contributed by atoms with Crippen LogP contribution in [0.1, 0.15) is 48.9 Å². The predicted molar refractivity (Wildman–Crippen MR) is 74.7 cm³/mol. The van der Waals surface area contributed by atoms with Crippen molar-refractivity contribution in [3.63, 3.8) is 0 Å². The Morgan fingerprint density at radius 1 is 1.29 bits per heavy atom. The topological polar surface area (TPSA) is 12.0 Å². The molecule has 0 saturated heterocycles. The Labute approximate surface area is 110 Å². The molecule has 0 radical (unpaired) electrons. The molecule has 1 fully saturated rings. The normalized spacial score (nSPS) is 17.2. The second-order valence-corrected chi connectivity index (χ2v) is 5.63. The van der Waals surface area contributed by atoms with Crippen LogP contribution in [0.2, 0.25) is 5.02 Å². The Bertz CT molecular complexity index is 396. The van der Waals surface area contributed by atoms with E-state index in [9.17, 15) is 0 Å². The molecule has 0 heterocycles. The van der Waals surface area contributed by atoms with Crippen molar-refractivity contribution in [2.24, 2.45) is 5.92 Å². The molecule has 1 aromatic carbocycles. The Morgan fingerprint density at radius 2 is 2.00 bits per heavy atom. The molecular formula is C15H22ClN. The minimum absolute atomic E-state index is 0.533. The molecule has 17 heavy (non-hydrogen) atoms. The molecule has 0 bridgehead atoms. The van der Waals surface area contributed by atoms with E-state index >= 15 is 0 Å². The van der Waals surface area contributed by atoms with Gasteiger partial charge in [0.15, 0.2) is 0 Å². The third-order valence-electron chi connectivity index (χ3n) is 3.59. The first-order chi connectivity index (χ1) is 8.13. The van der Waals surface area contributed by atoms with Gasteiger partial charge in [0, 0.05) is 11.1 Å². The van der Waals surface area contributed by atoms with Gasteiger partial charge in [-0.15, -0.1) is 0 Å². The van der Waals surface area contributed by atoms with Gasteiger partial charge in [-0.2, -0.15) is 0 Å². The molecule has 2 heteroatoms. The van der Waals surface area contributed by atoms with Crippen LogP contribution in [-0.4, -0.2) is 6.54 Å². The van der Waals surface area contributed by atoms with Gasteiger partial charge in [-0.1, -0.05) is 24.6 Å². The van der Waals surface area contributed by atoms with Crippen molar-refractivity contribution in [1.82, 2.24) is 5.32 Å². The zero-order valence-corrected chi connectivity index (χ0v) is 11.8. The van der Waals surface area contributed by atoms with Crippen LogP contribution in [0.25, 0.3) is 0 Å². The minimum atomic E-state index is 0.533. The van der Waals surface area contributed by atoms with Crippen molar-refractivity contribution in [2.75, 3.05) is 6.54 Å². The second-order valence-electron chi connectivity index (χ2n) is 5.23. The summed E-state index contributed by atoms with van der Waals surface area (Å²) in [6.07, 6.45) is 3.92. The van der Waals surface area contributed by atoms with Gasteiger partial charge >= 0.3 is 0 Å². The second kappa shape index (κ2) is 5.41. The Morgan fingerprint density at radius 3 is 2.59 bits per heavy atom. The van der Waals surface area contributed by atoms with Gasteiger partial charge in [-0.25, -0.2) is 0 Å². The summed E-state index contributed by atoms with van der Waals surface area (Å²) in [5, 5.41) is 4.58. The van der Waals surface area contributed by atoms with Crippen molar-refractivity contribution in [1.29, 1.82) is 0 Å². The van der Waals surface area contributed by atoms with E-state index in [-0.39, 0.29) is 0 Å². The minimum Gasteiger partial charge on any atom is -0.310 e. The largest absolute Gasteiger partial charge is 0.310 e. The molecule has 0 spiro atoms. The molecule has 1 nitrogen and oxygen atoms in total. The number of benzene rings is 1. The van der Waals surface area contributed by atoms with E-state index in [1.54, 1.807) is 0 Å². The van der Waals surface area contributed by atoms with Crippen molar-refractivity contribution in [2.45, 2.75) is 46.1 Å². The smallest absolute Gasteiger partial charge is 0.0438 e. The molecule has 94 valence electrons.